The van der Waals surface area contributed by atoms with E-state index in [9.17, 15) is 9.59 Å². The SMILES string of the molecule is CC(C(=O)O)N1CCN(C(=O)NCc2ncn[nH]2)CC1. The van der Waals surface area contributed by atoms with Gasteiger partial charge in [0.05, 0.1) is 6.54 Å². The Kier molecular flexibility index (Phi) is 4.51. The number of aromatic nitrogens is 3. The maximum absolute atomic E-state index is 11.9. The summed E-state index contributed by atoms with van der Waals surface area (Å²) in [6, 6.07) is -0.696. The summed E-state index contributed by atoms with van der Waals surface area (Å²) in [6.45, 7) is 4.10. The quantitative estimate of drug-likeness (QED) is 0.659. The molecule has 1 atom stereocenters. The van der Waals surface area contributed by atoms with Crippen LogP contribution in [0, 0.1) is 0 Å². The van der Waals surface area contributed by atoms with Gasteiger partial charge in [-0.2, -0.15) is 5.10 Å². The Balaban J connectivity index is 1.75. The van der Waals surface area contributed by atoms with E-state index in [0.717, 1.165) is 0 Å². The molecule has 1 saturated heterocycles. The number of hydrogen-bond acceptors (Lipinski definition) is 5. The van der Waals surface area contributed by atoms with E-state index in [1.807, 2.05) is 4.90 Å². The molecule has 9 heteroatoms. The first-order valence-electron chi connectivity index (χ1n) is 6.42. The average Bonchev–Trinajstić information content (AvgIpc) is 2.97. The second-order valence-electron chi connectivity index (χ2n) is 4.63. The molecule has 9 nitrogen and oxygen atoms in total. The summed E-state index contributed by atoms with van der Waals surface area (Å²) >= 11 is 0. The topological polar surface area (TPSA) is 114 Å². The summed E-state index contributed by atoms with van der Waals surface area (Å²) in [5, 5.41) is 18.0. The second kappa shape index (κ2) is 6.33. The van der Waals surface area contributed by atoms with Crippen LogP contribution in [0.2, 0.25) is 0 Å². The number of nitrogens with zero attached hydrogens (tertiary/aromatic N) is 4. The predicted octanol–water partition coefficient (Wildman–Crippen LogP) is -0.895. The lowest BCUT2D eigenvalue weighted by Gasteiger charge is -2.36. The lowest BCUT2D eigenvalue weighted by molar-refractivity contribution is -0.143. The number of urea groups is 1. The van der Waals surface area contributed by atoms with Crippen LogP contribution in [0.15, 0.2) is 6.33 Å². The van der Waals surface area contributed by atoms with Crippen LogP contribution >= 0.6 is 0 Å². The zero-order chi connectivity index (χ0) is 14.5. The predicted molar refractivity (Wildman–Crippen MR) is 68.9 cm³/mol. The van der Waals surface area contributed by atoms with Crippen molar-refractivity contribution in [1.29, 1.82) is 0 Å². The molecule has 1 aliphatic rings. The zero-order valence-electron chi connectivity index (χ0n) is 11.2. The molecule has 2 amide bonds. The zero-order valence-corrected chi connectivity index (χ0v) is 11.2. The number of amides is 2. The largest absolute Gasteiger partial charge is 0.480 e. The summed E-state index contributed by atoms with van der Waals surface area (Å²) in [4.78, 5) is 30.3. The first-order valence-corrected chi connectivity index (χ1v) is 6.42. The summed E-state index contributed by atoms with van der Waals surface area (Å²) in [5.74, 6) is -0.246. The molecule has 2 heterocycles. The molecular formula is C11H18N6O3. The van der Waals surface area contributed by atoms with Crippen LogP contribution < -0.4 is 5.32 Å². The van der Waals surface area contributed by atoms with Gasteiger partial charge < -0.3 is 15.3 Å². The number of carboxylic acid groups (broad SMARTS) is 1. The van der Waals surface area contributed by atoms with Gasteiger partial charge in [0.1, 0.15) is 18.2 Å². The highest BCUT2D eigenvalue weighted by atomic mass is 16.4. The van der Waals surface area contributed by atoms with Crippen LogP contribution in [0.4, 0.5) is 4.79 Å². The Morgan fingerprint density at radius 3 is 2.70 bits per heavy atom. The van der Waals surface area contributed by atoms with Crippen LogP contribution in [0.5, 0.6) is 0 Å². The fourth-order valence-electron chi connectivity index (χ4n) is 2.06. The Morgan fingerprint density at radius 2 is 2.15 bits per heavy atom. The molecule has 1 aliphatic heterocycles. The molecule has 110 valence electrons. The van der Waals surface area contributed by atoms with Gasteiger partial charge >= 0.3 is 12.0 Å². The monoisotopic (exact) mass is 282 g/mol. The molecule has 3 N–H and O–H groups in total. The Labute approximate surface area is 116 Å². The van der Waals surface area contributed by atoms with Gasteiger partial charge in [-0.15, -0.1) is 0 Å². The van der Waals surface area contributed by atoms with Crippen molar-refractivity contribution in [2.45, 2.75) is 19.5 Å². The molecule has 0 saturated carbocycles. The van der Waals surface area contributed by atoms with E-state index in [2.05, 4.69) is 20.5 Å². The number of carbonyl (C=O) groups excluding carboxylic acids is 1. The molecule has 0 aliphatic carbocycles. The van der Waals surface area contributed by atoms with E-state index >= 15 is 0 Å². The van der Waals surface area contributed by atoms with E-state index in [0.29, 0.717) is 38.5 Å². The van der Waals surface area contributed by atoms with Gasteiger partial charge in [-0.3, -0.25) is 14.8 Å². The third-order valence-corrected chi connectivity index (χ3v) is 3.38. The van der Waals surface area contributed by atoms with E-state index in [-0.39, 0.29) is 6.03 Å². The first kappa shape index (κ1) is 14.3. The molecule has 0 aromatic carbocycles. The van der Waals surface area contributed by atoms with Crippen molar-refractivity contribution in [1.82, 2.24) is 30.3 Å². The number of aliphatic carboxylic acids is 1. The second-order valence-corrected chi connectivity index (χ2v) is 4.63. The van der Waals surface area contributed by atoms with Crippen molar-refractivity contribution in [3.63, 3.8) is 0 Å². The molecule has 1 aromatic rings. The molecule has 0 spiro atoms. The number of rotatable bonds is 4. The van der Waals surface area contributed by atoms with Crippen LogP contribution in [0.25, 0.3) is 0 Å². The van der Waals surface area contributed by atoms with Gasteiger partial charge in [0.25, 0.3) is 0 Å². The number of carboxylic acids is 1. The average molecular weight is 282 g/mol. The molecule has 1 fully saturated rings. The summed E-state index contributed by atoms with van der Waals surface area (Å²) in [5.41, 5.74) is 0. The number of hydrogen-bond donors (Lipinski definition) is 3. The summed E-state index contributed by atoms with van der Waals surface area (Å²) in [7, 11) is 0. The molecule has 0 bridgehead atoms. The molecule has 20 heavy (non-hydrogen) atoms. The minimum absolute atomic E-state index is 0.177. The Hall–Kier alpha value is -2.16. The van der Waals surface area contributed by atoms with Gasteiger partial charge in [0, 0.05) is 26.2 Å². The third-order valence-electron chi connectivity index (χ3n) is 3.38. The van der Waals surface area contributed by atoms with Gasteiger partial charge in [0.2, 0.25) is 0 Å². The van der Waals surface area contributed by atoms with Crippen LogP contribution in [0.1, 0.15) is 12.7 Å². The standard InChI is InChI=1S/C11H18N6O3/c1-8(10(18)19)16-2-4-17(5-3-16)11(20)12-6-9-13-7-14-15-9/h7-8H,2-6H2,1H3,(H,12,20)(H,18,19)(H,13,14,15). The van der Waals surface area contributed by atoms with Crippen molar-refractivity contribution >= 4 is 12.0 Å². The number of nitrogens with one attached hydrogen (secondary N) is 2. The normalized spacial score (nSPS) is 17.8. The van der Waals surface area contributed by atoms with Crippen LogP contribution in [-0.2, 0) is 11.3 Å². The smallest absolute Gasteiger partial charge is 0.320 e. The number of carbonyl (C=O) groups is 2. The lowest BCUT2D eigenvalue weighted by atomic mass is 10.2. The van der Waals surface area contributed by atoms with Gasteiger partial charge in [-0.05, 0) is 6.92 Å². The maximum Gasteiger partial charge on any atom is 0.320 e. The van der Waals surface area contributed by atoms with Crippen LogP contribution in [0.3, 0.4) is 0 Å². The van der Waals surface area contributed by atoms with Crippen LogP contribution in [-0.4, -0.2) is 74.3 Å². The fraction of sp³-hybridized carbons (Fsp3) is 0.636. The Morgan fingerprint density at radius 1 is 1.45 bits per heavy atom. The highest BCUT2D eigenvalue weighted by Crippen LogP contribution is 2.06. The molecule has 2 rings (SSSR count). The van der Waals surface area contributed by atoms with Gasteiger partial charge in [0.15, 0.2) is 0 Å². The van der Waals surface area contributed by atoms with E-state index < -0.39 is 12.0 Å². The maximum atomic E-state index is 11.9. The summed E-state index contributed by atoms with van der Waals surface area (Å²) < 4.78 is 0. The van der Waals surface area contributed by atoms with Gasteiger partial charge in [-0.25, -0.2) is 9.78 Å². The number of H-pyrrole nitrogens is 1. The molecule has 1 unspecified atom stereocenters. The molecule has 1 aromatic heterocycles. The van der Waals surface area contributed by atoms with E-state index in [4.69, 9.17) is 5.11 Å². The summed E-state index contributed by atoms with van der Waals surface area (Å²) in [6.07, 6.45) is 1.38. The van der Waals surface area contributed by atoms with Gasteiger partial charge in [-0.1, -0.05) is 0 Å². The van der Waals surface area contributed by atoms with Crippen molar-refractivity contribution in [3.8, 4) is 0 Å². The highest BCUT2D eigenvalue weighted by molar-refractivity contribution is 5.74. The highest BCUT2D eigenvalue weighted by Gasteiger charge is 2.26. The number of piperazine rings is 1. The molecular weight excluding hydrogens is 264 g/mol. The third kappa shape index (κ3) is 3.44. The van der Waals surface area contributed by atoms with E-state index in [1.165, 1.54) is 6.33 Å². The first-order chi connectivity index (χ1) is 9.58. The lowest BCUT2D eigenvalue weighted by Crippen LogP contribution is -2.55. The fourth-order valence-corrected chi connectivity index (χ4v) is 2.06. The number of aromatic amines is 1. The van der Waals surface area contributed by atoms with Crippen molar-refractivity contribution in [2.24, 2.45) is 0 Å². The van der Waals surface area contributed by atoms with Crippen molar-refractivity contribution in [2.75, 3.05) is 26.2 Å². The minimum Gasteiger partial charge on any atom is -0.480 e. The Bertz CT molecular complexity index is 455. The van der Waals surface area contributed by atoms with Crippen molar-refractivity contribution < 1.29 is 14.7 Å². The minimum atomic E-state index is -0.840. The van der Waals surface area contributed by atoms with Crippen molar-refractivity contribution in [3.05, 3.63) is 12.2 Å². The van der Waals surface area contributed by atoms with E-state index in [1.54, 1.807) is 11.8 Å². The molecule has 0 radical (unpaired) electrons.